The average Bonchev–Trinajstić information content (AvgIpc) is 2.87. The van der Waals surface area contributed by atoms with E-state index in [1.165, 1.54) is 17.0 Å². The van der Waals surface area contributed by atoms with Crippen LogP contribution in [-0.2, 0) is 12.0 Å². The second kappa shape index (κ2) is 5.68. The molecule has 0 radical (unpaired) electrons. The Hall–Kier alpha value is -2.17. The van der Waals surface area contributed by atoms with Gasteiger partial charge in [-0.3, -0.25) is 9.89 Å². The van der Waals surface area contributed by atoms with E-state index < -0.39 is 0 Å². The molecule has 0 spiro atoms. The molecule has 21 heavy (non-hydrogen) atoms. The summed E-state index contributed by atoms with van der Waals surface area (Å²) in [4.78, 5) is 13.8. The molecule has 1 heterocycles. The van der Waals surface area contributed by atoms with Gasteiger partial charge in [0.1, 0.15) is 11.5 Å². The van der Waals surface area contributed by atoms with E-state index in [2.05, 4.69) is 10.2 Å². The fourth-order valence-electron chi connectivity index (χ4n) is 1.99. The van der Waals surface area contributed by atoms with Gasteiger partial charge in [0.2, 0.25) is 0 Å². The number of hydrogen-bond donors (Lipinski definition) is 1. The van der Waals surface area contributed by atoms with Gasteiger partial charge in [0, 0.05) is 24.7 Å². The number of benzene rings is 1. The molecule has 1 amide bonds. The minimum absolute atomic E-state index is 0.0906. The number of carbonyl (C=O) groups excluding carboxylic acids is 1. The van der Waals surface area contributed by atoms with Crippen molar-refractivity contribution in [2.24, 2.45) is 0 Å². The molecule has 5 heteroatoms. The lowest BCUT2D eigenvalue weighted by Crippen LogP contribution is -2.26. The van der Waals surface area contributed by atoms with Gasteiger partial charge in [-0.2, -0.15) is 5.10 Å². The van der Waals surface area contributed by atoms with E-state index in [0.29, 0.717) is 12.2 Å². The number of amides is 1. The van der Waals surface area contributed by atoms with Gasteiger partial charge in [-0.15, -0.1) is 0 Å². The average molecular weight is 289 g/mol. The predicted octanol–water partition coefficient (Wildman–Crippen LogP) is 3.12. The summed E-state index contributed by atoms with van der Waals surface area (Å²) in [6, 6.07) is 8.00. The summed E-state index contributed by atoms with van der Waals surface area (Å²) >= 11 is 0. The molecule has 0 aliphatic heterocycles. The van der Waals surface area contributed by atoms with E-state index in [1.54, 1.807) is 25.2 Å². The number of nitrogens with zero attached hydrogens (tertiary/aromatic N) is 2. The zero-order chi connectivity index (χ0) is 15.6. The summed E-state index contributed by atoms with van der Waals surface area (Å²) < 4.78 is 13.2. The van der Waals surface area contributed by atoms with Crippen molar-refractivity contribution < 1.29 is 9.18 Å². The molecule has 0 bridgehead atoms. The highest BCUT2D eigenvalue weighted by Crippen LogP contribution is 2.20. The van der Waals surface area contributed by atoms with Crippen LogP contribution >= 0.6 is 0 Å². The first kappa shape index (κ1) is 15.2. The molecule has 112 valence electrons. The number of aromatic amines is 1. The van der Waals surface area contributed by atoms with Gasteiger partial charge in [0.05, 0.1) is 0 Å². The van der Waals surface area contributed by atoms with E-state index in [4.69, 9.17) is 0 Å². The van der Waals surface area contributed by atoms with Crippen LogP contribution in [0.25, 0.3) is 0 Å². The maximum absolute atomic E-state index is 13.2. The largest absolute Gasteiger partial charge is 0.336 e. The lowest BCUT2D eigenvalue weighted by Gasteiger charge is -2.16. The van der Waals surface area contributed by atoms with Gasteiger partial charge in [-0.05, 0) is 23.8 Å². The lowest BCUT2D eigenvalue weighted by atomic mass is 9.92. The van der Waals surface area contributed by atoms with Crippen molar-refractivity contribution >= 4 is 5.91 Å². The topological polar surface area (TPSA) is 49.0 Å². The standard InChI is InChI=1S/C16H20FN3O/c1-16(2,3)14-9-13(18-19-14)15(21)20(4)10-11-6-5-7-12(17)8-11/h5-9H,10H2,1-4H3,(H,18,19). The summed E-state index contributed by atoms with van der Waals surface area (Å²) in [7, 11) is 1.68. The van der Waals surface area contributed by atoms with Crippen molar-refractivity contribution in [3.05, 3.63) is 53.1 Å². The van der Waals surface area contributed by atoms with Crippen molar-refractivity contribution in [3.8, 4) is 0 Å². The molecular weight excluding hydrogens is 269 g/mol. The van der Waals surface area contributed by atoms with Crippen LogP contribution in [0.15, 0.2) is 30.3 Å². The molecule has 0 aliphatic carbocycles. The Balaban J connectivity index is 2.11. The molecule has 1 N–H and O–H groups in total. The SMILES string of the molecule is CN(Cc1cccc(F)c1)C(=O)c1cc(C(C)(C)C)[nH]n1. The summed E-state index contributed by atoms with van der Waals surface area (Å²) in [6.45, 7) is 6.48. The van der Waals surface area contributed by atoms with E-state index in [0.717, 1.165) is 11.3 Å². The van der Waals surface area contributed by atoms with Crippen LogP contribution in [0.5, 0.6) is 0 Å². The van der Waals surface area contributed by atoms with E-state index in [1.807, 2.05) is 20.8 Å². The van der Waals surface area contributed by atoms with Crippen LogP contribution < -0.4 is 0 Å². The summed E-state index contributed by atoms with van der Waals surface area (Å²) in [6.07, 6.45) is 0. The maximum Gasteiger partial charge on any atom is 0.274 e. The number of hydrogen-bond acceptors (Lipinski definition) is 2. The third kappa shape index (κ3) is 3.68. The molecule has 2 aromatic rings. The third-order valence-electron chi connectivity index (χ3n) is 3.26. The van der Waals surface area contributed by atoms with Crippen LogP contribution in [0.1, 0.15) is 42.5 Å². The molecular formula is C16H20FN3O. The van der Waals surface area contributed by atoms with Gasteiger partial charge in [0.15, 0.2) is 0 Å². The molecule has 0 unspecified atom stereocenters. The zero-order valence-electron chi connectivity index (χ0n) is 12.8. The molecule has 0 atom stereocenters. The highest BCUT2D eigenvalue weighted by molar-refractivity contribution is 5.92. The van der Waals surface area contributed by atoms with E-state index in [9.17, 15) is 9.18 Å². The lowest BCUT2D eigenvalue weighted by molar-refractivity contribution is 0.0779. The number of rotatable bonds is 3. The van der Waals surface area contributed by atoms with Crippen LogP contribution in [0.3, 0.4) is 0 Å². The Kier molecular flexibility index (Phi) is 4.11. The Morgan fingerprint density at radius 3 is 2.62 bits per heavy atom. The van der Waals surface area contributed by atoms with Gasteiger partial charge in [0.25, 0.3) is 5.91 Å². The van der Waals surface area contributed by atoms with Crippen molar-refractivity contribution in [1.82, 2.24) is 15.1 Å². The first-order valence-corrected chi connectivity index (χ1v) is 6.83. The molecule has 0 fully saturated rings. The van der Waals surface area contributed by atoms with Gasteiger partial charge < -0.3 is 4.90 Å². The predicted molar refractivity (Wildman–Crippen MR) is 79.5 cm³/mol. The maximum atomic E-state index is 13.2. The first-order valence-electron chi connectivity index (χ1n) is 6.83. The number of nitrogens with one attached hydrogen (secondary N) is 1. The quantitative estimate of drug-likeness (QED) is 0.943. The number of aromatic nitrogens is 2. The van der Waals surface area contributed by atoms with Gasteiger partial charge in [-0.1, -0.05) is 32.9 Å². The molecule has 0 aliphatic rings. The third-order valence-corrected chi connectivity index (χ3v) is 3.26. The molecule has 0 saturated heterocycles. The van der Waals surface area contributed by atoms with Crippen LogP contribution in [0.2, 0.25) is 0 Å². The highest BCUT2D eigenvalue weighted by atomic mass is 19.1. The Morgan fingerprint density at radius 1 is 1.33 bits per heavy atom. The smallest absolute Gasteiger partial charge is 0.274 e. The summed E-state index contributed by atoms with van der Waals surface area (Å²) in [5.74, 6) is -0.492. The van der Waals surface area contributed by atoms with Gasteiger partial charge in [-0.25, -0.2) is 4.39 Å². The van der Waals surface area contributed by atoms with Crippen molar-refractivity contribution in [2.75, 3.05) is 7.05 Å². The first-order chi connectivity index (χ1) is 9.77. The minimum Gasteiger partial charge on any atom is -0.336 e. The Morgan fingerprint density at radius 2 is 2.05 bits per heavy atom. The van der Waals surface area contributed by atoms with Crippen molar-refractivity contribution in [1.29, 1.82) is 0 Å². The summed E-state index contributed by atoms with van der Waals surface area (Å²) in [5.41, 5.74) is 1.94. The zero-order valence-corrected chi connectivity index (χ0v) is 12.8. The molecule has 4 nitrogen and oxygen atoms in total. The molecule has 2 rings (SSSR count). The van der Waals surface area contributed by atoms with Crippen LogP contribution in [0, 0.1) is 5.82 Å². The minimum atomic E-state index is -0.303. The van der Waals surface area contributed by atoms with Crippen molar-refractivity contribution in [2.45, 2.75) is 32.7 Å². The molecule has 1 aromatic carbocycles. The fourth-order valence-corrected chi connectivity index (χ4v) is 1.99. The number of halogens is 1. The summed E-state index contributed by atoms with van der Waals surface area (Å²) in [5, 5.41) is 6.97. The van der Waals surface area contributed by atoms with Gasteiger partial charge >= 0.3 is 0 Å². The Bertz CT molecular complexity index is 643. The van der Waals surface area contributed by atoms with E-state index >= 15 is 0 Å². The number of carbonyl (C=O) groups is 1. The number of H-pyrrole nitrogens is 1. The van der Waals surface area contributed by atoms with Crippen LogP contribution in [0.4, 0.5) is 4.39 Å². The van der Waals surface area contributed by atoms with Crippen LogP contribution in [-0.4, -0.2) is 28.1 Å². The Labute approximate surface area is 124 Å². The monoisotopic (exact) mass is 289 g/mol. The second-order valence-corrected chi connectivity index (χ2v) is 6.21. The van der Waals surface area contributed by atoms with Crippen molar-refractivity contribution in [3.63, 3.8) is 0 Å². The highest BCUT2D eigenvalue weighted by Gasteiger charge is 2.21. The molecule has 0 saturated carbocycles. The fraction of sp³-hybridized carbons (Fsp3) is 0.375. The molecule has 1 aromatic heterocycles. The second-order valence-electron chi connectivity index (χ2n) is 6.21. The normalized spacial score (nSPS) is 11.5. The van der Waals surface area contributed by atoms with E-state index in [-0.39, 0.29) is 17.1 Å².